The quantitative estimate of drug-likeness (QED) is 0.869. The fourth-order valence-electron chi connectivity index (χ4n) is 4.52. The van der Waals surface area contributed by atoms with Crippen LogP contribution in [0.4, 0.5) is 4.39 Å². The predicted octanol–water partition coefficient (Wildman–Crippen LogP) is 1.91. The van der Waals surface area contributed by atoms with Gasteiger partial charge in [0.25, 0.3) is 0 Å². The van der Waals surface area contributed by atoms with Crippen molar-refractivity contribution in [2.45, 2.75) is 31.3 Å². The molecular weight excluding hydrogens is 363 g/mol. The number of halogens is 1. The minimum atomic E-state index is -0.883. The molecule has 2 fully saturated rings. The number of amides is 1. The molecule has 28 heavy (non-hydrogen) atoms. The fourth-order valence-corrected chi connectivity index (χ4v) is 4.52. The van der Waals surface area contributed by atoms with E-state index in [4.69, 9.17) is 0 Å². The normalized spacial score (nSPS) is 22.1. The predicted molar refractivity (Wildman–Crippen MR) is 99.3 cm³/mol. The molecule has 2 aromatic rings. The van der Waals surface area contributed by atoms with E-state index in [0.717, 1.165) is 24.3 Å². The average Bonchev–Trinajstić information content (AvgIpc) is 3.23. The van der Waals surface area contributed by atoms with Crippen LogP contribution in [0.3, 0.4) is 0 Å². The van der Waals surface area contributed by atoms with Crippen molar-refractivity contribution < 1.29 is 19.1 Å². The third-order valence-electron chi connectivity index (χ3n) is 6.22. The van der Waals surface area contributed by atoms with Gasteiger partial charge in [0.15, 0.2) is 0 Å². The largest absolute Gasteiger partial charge is 0.481 e. The van der Waals surface area contributed by atoms with E-state index in [0.29, 0.717) is 19.4 Å². The molecule has 7 nitrogen and oxygen atoms in total. The van der Waals surface area contributed by atoms with Gasteiger partial charge in [-0.15, -0.1) is 0 Å². The van der Waals surface area contributed by atoms with Crippen LogP contribution < -0.4 is 0 Å². The van der Waals surface area contributed by atoms with Crippen LogP contribution in [-0.4, -0.2) is 62.2 Å². The second kappa shape index (κ2) is 7.01. The zero-order valence-corrected chi connectivity index (χ0v) is 15.7. The first kappa shape index (κ1) is 18.6. The lowest BCUT2D eigenvalue weighted by Gasteiger charge is -2.45. The Morgan fingerprint density at radius 3 is 2.61 bits per heavy atom. The minimum Gasteiger partial charge on any atom is -0.481 e. The lowest BCUT2D eigenvalue weighted by atomic mass is 9.77. The first-order valence-corrected chi connectivity index (χ1v) is 9.40. The molecule has 1 amide bonds. The van der Waals surface area contributed by atoms with E-state index in [9.17, 15) is 19.1 Å². The molecule has 148 valence electrons. The number of carbonyl (C=O) groups is 2. The van der Waals surface area contributed by atoms with Crippen molar-refractivity contribution in [3.05, 3.63) is 48.0 Å². The van der Waals surface area contributed by atoms with Crippen molar-refractivity contribution in [3.8, 4) is 5.69 Å². The van der Waals surface area contributed by atoms with Gasteiger partial charge in [-0.3, -0.25) is 14.5 Å². The van der Waals surface area contributed by atoms with E-state index < -0.39 is 17.4 Å². The lowest BCUT2D eigenvalue weighted by Crippen LogP contribution is -2.55. The molecule has 1 spiro atoms. The van der Waals surface area contributed by atoms with Gasteiger partial charge in [0.2, 0.25) is 5.91 Å². The van der Waals surface area contributed by atoms with Gasteiger partial charge >= 0.3 is 5.97 Å². The van der Waals surface area contributed by atoms with Gasteiger partial charge in [0, 0.05) is 44.9 Å². The van der Waals surface area contributed by atoms with Crippen molar-refractivity contribution in [1.82, 2.24) is 19.6 Å². The molecule has 0 saturated carbocycles. The molecule has 2 saturated heterocycles. The first-order chi connectivity index (χ1) is 13.4. The molecule has 1 aromatic heterocycles. The third-order valence-corrected chi connectivity index (χ3v) is 6.22. The average molecular weight is 386 g/mol. The van der Waals surface area contributed by atoms with Crippen molar-refractivity contribution in [2.24, 2.45) is 5.92 Å². The summed E-state index contributed by atoms with van der Waals surface area (Å²) in [5.74, 6) is -1.88. The van der Waals surface area contributed by atoms with Gasteiger partial charge in [0.1, 0.15) is 5.82 Å². The Bertz CT molecular complexity index is 887. The van der Waals surface area contributed by atoms with E-state index in [1.807, 2.05) is 6.20 Å². The molecule has 4 rings (SSSR count). The van der Waals surface area contributed by atoms with Gasteiger partial charge in [-0.2, -0.15) is 5.10 Å². The maximum absolute atomic E-state index is 13.1. The zero-order chi connectivity index (χ0) is 19.9. The van der Waals surface area contributed by atoms with E-state index in [2.05, 4.69) is 10.00 Å². The molecule has 1 N–H and O–H groups in total. The van der Waals surface area contributed by atoms with Gasteiger partial charge in [-0.05, 0) is 37.1 Å². The number of rotatable bonds is 4. The summed E-state index contributed by atoms with van der Waals surface area (Å²) in [7, 11) is 1.73. The number of hydrogen-bond donors (Lipinski definition) is 1. The topological polar surface area (TPSA) is 78.7 Å². The number of aliphatic carboxylic acids is 1. The zero-order valence-electron chi connectivity index (χ0n) is 15.7. The summed E-state index contributed by atoms with van der Waals surface area (Å²) in [5.41, 5.74) is 1.25. The highest BCUT2D eigenvalue weighted by atomic mass is 19.1. The Labute approximate surface area is 162 Å². The van der Waals surface area contributed by atoms with Crippen LogP contribution in [0.15, 0.2) is 36.7 Å². The van der Waals surface area contributed by atoms with Crippen LogP contribution in [0.2, 0.25) is 0 Å². The summed E-state index contributed by atoms with van der Waals surface area (Å²) < 4.78 is 14.8. The van der Waals surface area contributed by atoms with Gasteiger partial charge in [-0.1, -0.05) is 0 Å². The monoisotopic (exact) mass is 386 g/mol. The first-order valence-electron chi connectivity index (χ1n) is 9.40. The molecular formula is C20H23FN4O3. The minimum absolute atomic E-state index is 0.0820. The van der Waals surface area contributed by atoms with Gasteiger partial charge < -0.3 is 10.0 Å². The standard InChI is InChI=1S/C20H23FN4O3/c1-23-18(26)10-17(19(27)28)20(23)6-8-24(9-7-20)12-14-11-22-25(13-14)16-4-2-15(21)3-5-16/h2-5,11,13,17H,6-10,12H2,1H3,(H,27,28)/t17-/m0/s1. The van der Waals surface area contributed by atoms with E-state index in [1.54, 1.807) is 35.0 Å². The molecule has 0 unspecified atom stereocenters. The van der Waals surface area contributed by atoms with Crippen molar-refractivity contribution in [2.75, 3.05) is 20.1 Å². The van der Waals surface area contributed by atoms with Crippen LogP contribution >= 0.6 is 0 Å². The van der Waals surface area contributed by atoms with Crippen molar-refractivity contribution in [3.63, 3.8) is 0 Å². The maximum Gasteiger partial charge on any atom is 0.309 e. The summed E-state index contributed by atoms with van der Waals surface area (Å²) >= 11 is 0. The second-order valence-electron chi connectivity index (χ2n) is 7.70. The Balaban J connectivity index is 1.42. The number of carboxylic acid groups (broad SMARTS) is 1. The molecule has 3 heterocycles. The van der Waals surface area contributed by atoms with Crippen LogP contribution in [0.5, 0.6) is 0 Å². The van der Waals surface area contributed by atoms with Crippen LogP contribution in [0.25, 0.3) is 5.69 Å². The summed E-state index contributed by atoms with van der Waals surface area (Å²) in [6.07, 6.45) is 5.11. The number of hydrogen-bond acceptors (Lipinski definition) is 4. The molecule has 0 bridgehead atoms. The molecule has 0 aliphatic carbocycles. The number of likely N-dealkylation sites (tertiary alicyclic amines) is 2. The fraction of sp³-hybridized carbons (Fsp3) is 0.450. The molecule has 1 aromatic carbocycles. The van der Waals surface area contributed by atoms with Gasteiger partial charge in [0.05, 0.1) is 23.3 Å². The summed E-state index contributed by atoms with van der Waals surface area (Å²) in [6, 6.07) is 6.16. The van der Waals surface area contributed by atoms with E-state index in [1.165, 1.54) is 12.1 Å². The number of aromatic nitrogens is 2. The SMILES string of the molecule is CN1C(=O)C[C@@H](C(=O)O)C12CCN(Cc1cnn(-c3ccc(F)cc3)c1)CC2. The molecule has 2 aliphatic rings. The Morgan fingerprint density at radius 1 is 1.29 bits per heavy atom. The lowest BCUT2D eigenvalue weighted by molar-refractivity contribution is -0.146. The van der Waals surface area contributed by atoms with Crippen LogP contribution in [-0.2, 0) is 16.1 Å². The molecule has 1 atom stereocenters. The number of carbonyl (C=O) groups excluding carboxylic acids is 1. The van der Waals surface area contributed by atoms with Crippen LogP contribution in [0.1, 0.15) is 24.8 Å². The number of nitrogens with zero attached hydrogens (tertiary/aromatic N) is 4. The van der Waals surface area contributed by atoms with Crippen LogP contribution in [0, 0.1) is 11.7 Å². The van der Waals surface area contributed by atoms with Crippen molar-refractivity contribution in [1.29, 1.82) is 0 Å². The van der Waals surface area contributed by atoms with Gasteiger partial charge in [-0.25, -0.2) is 9.07 Å². The van der Waals surface area contributed by atoms with E-state index in [-0.39, 0.29) is 18.1 Å². The van der Waals surface area contributed by atoms with E-state index >= 15 is 0 Å². The summed E-state index contributed by atoms with van der Waals surface area (Å²) in [5, 5.41) is 13.9. The maximum atomic E-state index is 13.1. The molecule has 0 radical (unpaired) electrons. The highest BCUT2D eigenvalue weighted by Crippen LogP contribution is 2.43. The second-order valence-corrected chi connectivity index (χ2v) is 7.70. The number of benzene rings is 1. The Kier molecular flexibility index (Phi) is 4.66. The summed E-state index contributed by atoms with van der Waals surface area (Å²) in [4.78, 5) is 27.7. The highest BCUT2D eigenvalue weighted by Gasteiger charge is 2.55. The Hall–Kier alpha value is -2.74. The number of piperidine rings is 1. The Morgan fingerprint density at radius 2 is 1.96 bits per heavy atom. The molecule has 2 aliphatic heterocycles. The van der Waals surface area contributed by atoms with Crippen molar-refractivity contribution >= 4 is 11.9 Å². The smallest absolute Gasteiger partial charge is 0.309 e. The number of carboxylic acids is 1. The third kappa shape index (κ3) is 3.17. The highest BCUT2D eigenvalue weighted by molar-refractivity contribution is 5.88. The summed E-state index contributed by atoms with van der Waals surface area (Å²) in [6.45, 7) is 2.15. The molecule has 8 heteroatoms.